The molecule has 0 radical (unpaired) electrons. The third kappa shape index (κ3) is 3.36. The Morgan fingerprint density at radius 1 is 1.52 bits per heavy atom. The maximum atomic E-state index is 13.9. The van der Waals surface area contributed by atoms with Crippen LogP contribution in [0.3, 0.4) is 0 Å². The van der Waals surface area contributed by atoms with Crippen molar-refractivity contribution >= 4 is 5.69 Å². The third-order valence-corrected chi connectivity index (χ3v) is 3.77. The second-order valence-corrected chi connectivity index (χ2v) is 5.49. The second-order valence-electron chi connectivity index (χ2n) is 5.49. The molecular formula is C14H19FN6. The van der Waals surface area contributed by atoms with Crippen molar-refractivity contribution in [3.05, 3.63) is 30.3 Å². The Labute approximate surface area is 122 Å². The van der Waals surface area contributed by atoms with Gasteiger partial charge in [-0.05, 0) is 61.4 Å². The molecule has 0 spiro atoms. The molecule has 21 heavy (non-hydrogen) atoms. The highest BCUT2D eigenvalue weighted by atomic mass is 19.1. The number of anilines is 1. The van der Waals surface area contributed by atoms with Crippen LogP contribution in [0.1, 0.15) is 26.2 Å². The first kappa shape index (κ1) is 13.9. The summed E-state index contributed by atoms with van der Waals surface area (Å²) in [5.74, 6) is -0.266. The fraction of sp³-hybridized carbons (Fsp3) is 0.500. The molecule has 2 heterocycles. The number of halogens is 1. The van der Waals surface area contributed by atoms with E-state index in [0.717, 1.165) is 18.7 Å². The molecular weight excluding hydrogens is 271 g/mol. The van der Waals surface area contributed by atoms with Crippen LogP contribution >= 0.6 is 0 Å². The molecule has 2 N–H and O–H groups in total. The van der Waals surface area contributed by atoms with E-state index in [1.807, 2.05) is 0 Å². The number of aromatic nitrogens is 4. The molecule has 7 heteroatoms. The zero-order valence-electron chi connectivity index (χ0n) is 12.0. The molecule has 0 aliphatic carbocycles. The van der Waals surface area contributed by atoms with Crippen molar-refractivity contribution in [2.45, 2.75) is 38.3 Å². The van der Waals surface area contributed by atoms with E-state index in [9.17, 15) is 4.39 Å². The van der Waals surface area contributed by atoms with Crippen molar-refractivity contribution in [2.24, 2.45) is 0 Å². The van der Waals surface area contributed by atoms with Crippen molar-refractivity contribution in [3.63, 3.8) is 0 Å². The van der Waals surface area contributed by atoms with Crippen LogP contribution in [0, 0.1) is 5.82 Å². The minimum Gasteiger partial charge on any atom is -0.380 e. The van der Waals surface area contributed by atoms with E-state index < -0.39 is 0 Å². The molecule has 0 bridgehead atoms. The van der Waals surface area contributed by atoms with Gasteiger partial charge in [0.25, 0.3) is 0 Å². The smallest absolute Gasteiger partial charge is 0.146 e. The molecule has 3 rings (SSSR count). The monoisotopic (exact) mass is 290 g/mol. The first-order chi connectivity index (χ1) is 10.2. The molecule has 1 aliphatic rings. The van der Waals surface area contributed by atoms with E-state index in [-0.39, 0.29) is 11.9 Å². The highest BCUT2D eigenvalue weighted by Gasteiger charge is 2.17. The lowest BCUT2D eigenvalue weighted by atomic mass is 10.1. The van der Waals surface area contributed by atoms with Crippen molar-refractivity contribution in [1.82, 2.24) is 25.5 Å². The predicted molar refractivity (Wildman–Crippen MR) is 77.8 cm³/mol. The van der Waals surface area contributed by atoms with Gasteiger partial charge in [0.2, 0.25) is 0 Å². The molecule has 1 aliphatic heterocycles. The molecule has 1 saturated heterocycles. The second kappa shape index (κ2) is 6.17. The quantitative estimate of drug-likeness (QED) is 0.878. The van der Waals surface area contributed by atoms with E-state index >= 15 is 0 Å². The molecule has 112 valence electrons. The lowest BCUT2D eigenvalue weighted by Crippen LogP contribution is -2.29. The Morgan fingerprint density at radius 3 is 3.14 bits per heavy atom. The summed E-state index contributed by atoms with van der Waals surface area (Å²) in [4.78, 5) is 0. The van der Waals surface area contributed by atoms with E-state index in [1.165, 1.54) is 29.9 Å². The Kier molecular flexibility index (Phi) is 4.10. The van der Waals surface area contributed by atoms with Crippen molar-refractivity contribution in [1.29, 1.82) is 0 Å². The van der Waals surface area contributed by atoms with Gasteiger partial charge in [-0.3, -0.25) is 0 Å². The van der Waals surface area contributed by atoms with Gasteiger partial charge < -0.3 is 10.6 Å². The lowest BCUT2D eigenvalue weighted by molar-refractivity contribution is 0.521. The number of hydrogen-bond donors (Lipinski definition) is 2. The predicted octanol–water partition coefficient (Wildman–Crippen LogP) is 1.74. The summed E-state index contributed by atoms with van der Waals surface area (Å²) in [6.45, 7) is 3.16. The number of nitrogens with zero attached hydrogens (tertiary/aromatic N) is 4. The van der Waals surface area contributed by atoms with Crippen LogP contribution in [0.15, 0.2) is 24.5 Å². The van der Waals surface area contributed by atoms with Gasteiger partial charge in [0, 0.05) is 12.1 Å². The molecule has 1 aromatic carbocycles. The third-order valence-electron chi connectivity index (χ3n) is 3.77. The zero-order chi connectivity index (χ0) is 14.7. The number of hydrogen-bond acceptors (Lipinski definition) is 5. The first-order valence-corrected chi connectivity index (χ1v) is 7.25. The maximum absolute atomic E-state index is 13.9. The highest BCUT2D eigenvalue weighted by Crippen LogP contribution is 2.21. The van der Waals surface area contributed by atoms with Crippen LogP contribution in [0.5, 0.6) is 0 Å². The fourth-order valence-corrected chi connectivity index (χ4v) is 2.76. The summed E-state index contributed by atoms with van der Waals surface area (Å²) >= 11 is 0. The molecule has 0 saturated carbocycles. The van der Waals surface area contributed by atoms with Crippen LogP contribution in [-0.2, 0) is 0 Å². The zero-order valence-corrected chi connectivity index (χ0v) is 12.0. The van der Waals surface area contributed by atoms with Crippen LogP contribution in [0.4, 0.5) is 10.1 Å². The Balaban J connectivity index is 1.70. The number of benzene rings is 1. The lowest BCUT2D eigenvalue weighted by Gasteiger charge is -2.20. The standard InChI is InChI=1S/C14H19FN6/c1-10(7-11-3-2-6-16-11)18-14-8-12(4-5-13(14)15)21-9-17-19-20-21/h4-5,8-11,16,18H,2-3,6-7H2,1H3. The van der Waals surface area contributed by atoms with Gasteiger partial charge in [-0.1, -0.05) is 0 Å². The first-order valence-electron chi connectivity index (χ1n) is 7.25. The van der Waals surface area contributed by atoms with Crippen LogP contribution < -0.4 is 10.6 Å². The summed E-state index contributed by atoms with van der Waals surface area (Å²) < 4.78 is 15.5. The SMILES string of the molecule is CC(CC1CCCN1)Nc1cc(-n2cnnn2)ccc1F. The van der Waals surface area contributed by atoms with Crippen LogP contribution in [-0.4, -0.2) is 38.8 Å². The van der Waals surface area contributed by atoms with Crippen LogP contribution in [0.25, 0.3) is 5.69 Å². The molecule has 2 aromatic rings. The molecule has 6 nitrogen and oxygen atoms in total. The van der Waals surface area contributed by atoms with Gasteiger partial charge in [-0.15, -0.1) is 5.10 Å². The fourth-order valence-electron chi connectivity index (χ4n) is 2.76. The average molecular weight is 290 g/mol. The van der Waals surface area contributed by atoms with Crippen molar-refractivity contribution in [3.8, 4) is 5.69 Å². The van der Waals surface area contributed by atoms with Gasteiger partial charge in [0.05, 0.1) is 11.4 Å². The summed E-state index contributed by atoms with van der Waals surface area (Å²) in [5.41, 5.74) is 1.21. The Morgan fingerprint density at radius 2 is 2.43 bits per heavy atom. The number of tetrazole rings is 1. The summed E-state index contributed by atoms with van der Waals surface area (Å²) in [5, 5.41) is 17.7. The summed E-state index contributed by atoms with van der Waals surface area (Å²) in [6.07, 6.45) is 4.89. The average Bonchev–Trinajstić information content (AvgIpc) is 3.14. The number of nitrogens with one attached hydrogen (secondary N) is 2. The van der Waals surface area contributed by atoms with E-state index in [4.69, 9.17) is 0 Å². The minimum atomic E-state index is -0.266. The summed E-state index contributed by atoms with van der Waals surface area (Å²) in [7, 11) is 0. The number of rotatable bonds is 5. The molecule has 0 amide bonds. The molecule has 2 unspecified atom stereocenters. The van der Waals surface area contributed by atoms with Crippen molar-refractivity contribution < 1.29 is 4.39 Å². The maximum Gasteiger partial charge on any atom is 0.146 e. The molecule has 1 fully saturated rings. The topological polar surface area (TPSA) is 67.7 Å². The van der Waals surface area contributed by atoms with Gasteiger partial charge in [-0.25, -0.2) is 9.07 Å². The summed E-state index contributed by atoms with van der Waals surface area (Å²) in [6, 6.07) is 5.53. The van der Waals surface area contributed by atoms with Crippen molar-refractivity contribution in [2.75, 3.05) is 11.9 Å². The van der Waals surface area contributed by atoms with Gasteiger partial charge in [0.15, 0.2) is 0 Å². The highest BCUT2D eigenvalue weighted by molar-refractivity contribution is 5.52. The minimum absolute atomic E-state index is 0.194. The van der Waals surface area contributed by atoms with Crippen LogP contribution in [0.2, 0.25) is 0 Å². The molecule has 2 atom stereocenters. The van der Waals surface area contributed by atoms with E-state index in [0.29, 0.717) is 11.7 Å². The normalized spacial score (nSPS) is 19.6. The Hall–Kier alpha value is -2.02. The largest absolute Gasteiger partial charge is 0.380 e. The molecule has 1 aromatic heterocycles. The van der Waals surface area contributed by atoms with Gasteiger partial charge in [0.1, 0.15) is 12.1 Å². The Bertz CT molecular complexity index is 579. The van der Waals surface area contributed by atoms with Gasteiger partial charge >= 0.3 is 0 Å². The van der Waals surface area contributed by atoms with E-state index in [1.54, 1.807) is 12.1 Å². The van der Waals surface area contributed by atoms with Gasteiger partial charge in [-0.2, -0.15) is 0 Å². The van der Waals surface area contributed by atoms with E-state index in [2.05, 4.69) is 33.1 Å².